The van der Waals surface area contributed by atoms with Crippen molar-refractivity contribution in [2.75, 3.05) is 0 Å². The van der Waals surface area contributed by atoms with E-state index in [1.54, 1.807) is 24.5 Å². The van der Waals surface area contributed by atoms with Gasteiger partial charge in [0, 0.05) is 23.3 Å². The first-order chi connectivity index (χ1) is 8.22. The Balaban J connectivity index is 2.13. The van der Waals surface area contributed by atoms with Gasteiger partial charge in [-0.3, -0.25) is 0 Å². The number of hydrogen-bond acceptors (Lipinski definition) is 3. The fraction of sp³-hybridized carbons (Fsp3) is 0.0833. The van der Waals surface area contributed by atoms with Crippen molar-refractivity contribution in [3.05, 3.63) is 42.4 Å². The van der Waals surface area contributed by atoms with Gasteiger partial charge >= 0.3 is 0 Å². The number of hydrogen-bond donors (Lipinski definition) is 0. The summed E-state index contributed by atoms with van der Waals surface area (Å²) >= 11 is 0. The van der Waals surface area contributed by atoms with Crippen molar-refractivity contribution in [1.82, 2.24) is 20.0 Å². The molecule has 84 valence electrons. The van der Waals surface area contributed by atoms with E-state index in [0.717, 1.165) is 16.5 Å². The molecule has 2 aromatic heterocycles. The van der Waals surface area contributed by atoms with Crippen LogP contribution in [0.5, 0.6) is 0 Å². The lowest BCUT2D eigenvalue weighted by Crippen LogP contribution is -1.89. The molecule has 0 fully saturated rings. The minimum Gasteiger partial charge on any atom is -0.236 e. The van der Waals surface area contributed by atoms with Gasteiger partial charge in [0.15, 0.2) is 5.82 Å². The second-order valence-corrected chi connectivity index (χ2v) is 3.88. The number of aromatic nitrogens is 4. The van der Waals surface area contributed by atoms with E-state index >= 15 is 0 Å². The molecule has 4 nitrogen and oxygen atoms in total. The van der Waals surface area contributed by atoms with Gasteiger partial charge in [-0.25, -0.2) is 9.97 Å². The lowest BCUT2D eigenvalue weighted by molar-refractivity contribution is 0.320. The molecule has 0 amide bonds. The Morgan fingerprint density at radius 1 is 1.18 bits per heavy atom. The van der Waals surface area contributed by atoms with Gasteiger partial charge in [0.25, 0.3) is 0 Å². The second-order valence-electron chi connectivity index (χ2n) is 3.88. The van der Waals surface area contributed by atoms with E-state index in [1.807, 2.05) is 13.0 Å². The molecule has 0 unspecified atom stereocenters. The SMILES string of the molecule is Cc1cnc(-c2ccc3cn(F)nc3c2)nc1. The number of aryl methyl sites for hydroxylation is 1. The van der Waals surface area contributed by atoms with Crippen LogP contribution < -0.4 is 0 Å². The fourth-order valence-corrected chi connectivity index (χ4v) is 1.67. The summed E-state index contributed by atoms with van der Waals surface area (Å²) < 4.78 is 12.9. The summed E-state index contributed by atoms with van der Waals surface area (Å²) in [7, 11) is 0. The molecule has 0 aliphatic carbocycles. The zero-order chi connectivity index (χ0) is 11.8. The van der Waals surface area contributed by atoms with Gasteiger partial charge in [0.05, 0.1) is 11.7 Å². The van der Waals surface area contributed by atoms with Gasteiger partial charge in [0.2, 0.25) is 0 Å². The summed E-state index contributed by atoms with van der Waals surface area (Å²) in [6.45, 7) is 1.93. The maximum atomic E-state index is 12.9. The standard InChI is InChI=1S/C12H9FN4/c1-8-5-14-12(15-6-8)9-2-3-10-7-17(13)16-11(10)4-9/h2-7H,1H3. The van der Waals surface area contributed by atoms with E-state index in [-0.39, 0.29) is 0 Å². The second kappa shape index (κ2) is 3.62. The Kier molecular flexibility index (Phi) is 2.11. The topological polar surface area (TPSA) is 43.6 Å². The molecule has 2 heterocycles. The van der Waals surface area contributed by atoms with Crippen molar-refractivity contribution in [2.24, 2.45) is 0 Å². The summed E-state index contributed by atoms with van der Waals surface area (Å²) in [6.07, 6.45) is 4.83. The molecule has 0 saturated heterocycles. The van der Waals surface area contributed by atoms with E-state index in [9.17, 15) is 4.48 Å². The van der Waals surface area contributed by atoms with Crippen molar-refractivity contribution in [3.8, 4) is 11.4 Å². The Morgan fingerprint density at radius 3 is 2.71 bits per heavy atom. The molecule has 0 spiro atoms. The third-order valence-corrected chi connectivity index (χ3v) is 2.52. The number of rotatable bonds is 1. The largest absolute Gasteiger partial charge is 0.236 e. The molecule has 17 heavy (non-hydrogen) atoms. The number of nitrogens with zero attached hydrogens (tertiary/aromatic N) is 4. The third kappa shape index (κ3) is 1.75. The molecule has 0 radical (unpaired) electrons. The van der Waals surface area contributed by atoms with Gasteiger partial charge in [-0.2, -0.15) is 0 Å². The Labute approximate surface area is 96.7 Å². The number of halogens is 1. The maximum Gasteiger partial charge on any atom is 0.159 e. The summed E-state index contributed by atoms with van der Waals surface area (Å²) in [4.78, 5) is 8.76. The lowest BCUT2D eigenvalue weighted by atomic mass is 10.1. The maximum absolute atomic E-state index is 12.9. The first-order valence-corrected chi connectivity index (χ1v) is 5.17. The van der Waals surface area contributed by atoms with E-state index in [4.69, 9.17) is 0 Å². The first kappa shape index (κ1) is 9.89. The van der Waals surface area contributed by atoms with Crippen LogP contribution in [0.1, 0.15) is 5.56 Å². The predicted molar refractivity (Wildman–Crippen MR) is 62.0 cm³/mol. The van der Waals surface area contributed by atoms with Crippen molar-refractivity contribution >= 4 is 10.9 Å². The highest BCUT2D eigenvalue weighted by molar-refractivity contribution is 5.82. The molecular formula is C12H9FN4. The van der Waals surface area contributed by atoms with Gasteiger partial charge in [0.1, 0.15) is 0 Å². The van der Waals surface area contributed by atoms with E-state index in [2.05, 4.69) is 15.1 Å². The molecule has 3 aromatic rings. The van der Waals surface area contributed by atoms with Gasteiger partial charge in [-0.05, 0) is 18.6 Å². The van der Waals surface area contributed by atoms with Gasteiger partial charge in [-0.1, -0.05) is 16.6 Å². The normalized spacial score (nSPS) is 10.9. The zero-order valence-corrected chi connectivity index (χ0v) is 9.13. The van der Waals surface area contributed by atoms with Crippen LogP contribution in [0, 0.1) is 6.92 Å². The Morgan fingerprint density at radius 2 is 1.94 bits per heavy atom. The van der Waals surface area contributed by atoms with Gasteiger partial charge in [-0.15, -0.1) is 10.0 Å². The van der Waals surface area contributed by atoms with Crippen molar-refractivity contribution in [3.63, 3.8) is 0 Å². The van der Waals surface area contributed by atoms with Crippen molar-refractivity contribution in [1.29, 1.82) is 0 Å². The Bertz CT molecular complexity index is 673. The molecule has 1 aromatic carbocycles. The average Bonchev–Trinajstić information content (AvgIpc) is 2.69. The fourth-order valence-electron chi connectivity index (χ4n) is 1.67. The molecule has 0 aliphatic rings. The molecule has 0 atom stereocenters. The predicted octanol–water partition coefficient (Wildman–Crippen LogP) is 2.53. The van der Waals surface area contributed by atoms with Crippen LogP contribution >= 0.6 is 0 Å². The molecule has 5 heteroatoms. The van der Waals surface area contributed by atoms with Crippen LogP contribution in [0.3, 0.4) is 0 Å². The minimum atomic E-state index is 0.310. The number of fused-ring (bicyclic) bond motifs is 1. The molecule has 0 saturated carbocycles. The van der Waals surface area contributed by atoms with E-state index < -0.39 is 0 Å². The van der Waals surface area contributed by atoms with Crippen molar-refractivity contribution in [2.45, 2.75) is 6.92 Å². The molecular weight excluding hydrogens is 219 g/mol. The minimum absolute atomic E-state index is 0.310. The van der Waals surface area contributed by atoms with Crippen LogP contribution in [-0.2, 0) is 0 Å². The summed E-state index contributed by atoms with van der Waals surface area (Å²) in [5, 5.41) is 4.46. The zero-order valence-electron chi connectivity index (χ0n) is 9.13. The Hall–Kier alpha value is -2.30. The van der Waals surface area contributed by atoms with Crippen LogP contribution in [0.4, 0.5) is 4.48 Å². The van der Waals surface area contributed by atoms with Crippen LogP contribution in [0.25, 0.3) is 22.3 Å². The van der Waals surface area contributed by atoms with Crippen LogP contribution in [-0.4, -0.2) is 20.0 Å². The number of benzene rings is 1. The van der Waals surface area contributed by atoms with Gasteiger partial charge < -0.3 is 0 Å². The van der Waals surface area contributed by atoms with Crippen LogP contribution in [0.2, 0.25) is 0 Å². The summed E-state index contributed by atoms with van der Waals surface area (Å²) in [5.41, 5.74) is 2.42. The van der Waals surface area contributed by atoms with E-state index in [0.29, 0.717) is 16.2 Å². The quantitative estimate of drug-likeness (QED) is 0.642. The van der Waals surface area contributed by atoms with Crippen LogP contribution in [0.15, 0.2) is 36.8 Å². The monoisotopic (exact) mass is 228 g/mol. The first-order valence-electron chi connectivity index (χ1n) is 5.17. The average molecular weight is 228 g/mol. The van der Waals surface area contributed by atoms with Crippen molar-refractivity contribution < 1.29 is 4.48 Å². The molecule has 0 N–H and O–H groups in total. The molecule has 0 bridgehead atoms. The highest BCUT2D eigenvalue weighted by Crippen LogP contribution is 2.20. The highest BCUT2D eigenvalue weighted by atomic mass is 19.2. The molecule has 0 aliphatic heterocycles. The third-order valence-electron chi connectivity index (χ3n) is 2.52. The lowest BCUT2D eigenvalue weighted by Gasteiger charge is -1.99. The summed E-state index contributed by atoms with van der Waals surface area (Å²) in [6, 6.07) is 5.43. The molecule has 3 rings (SSSR count). The summed E-state index contributed by atoms with van der Waals surface area (Å²) in [5.74, 6) is 0.617. The van der Waals surface area contributed by atoms with E-state index in [1.165, 1.54) is 6.20 Å². The highest BCUT2D eigenvalue weighted by Gasteiger charge is 2.05. The smallest absolute Gasteiger partial charge is 0.159 e.